The molecule has 4 rings (SSSR count). The van der Waals surface area contributed by atoms with Gasteiger partial charge in [-0.1, -0.05) is 40.2 Å². The van der Waals surface area contributed by atoms with Crippen molar-refractivity contribution in [1.82, 2.24) is 4.90 Å². The van der Waals surface area contributed by atoms with E-state index in [2.05, 4.69) is 15.9 Å². The third kappa shape index (κ3) is 5.53. The van der Waals surface area contributed by atoms with Crippen LogP contribution in [0, 0.1) is 0 Å². The molecule has 1 heterocycles. The van der Waals surface area contributed by atoms with Crippen LogP contribution in [0.4, 0.5) is 4.79 Å². The predicted octanol–water partition coefficient (Wildman–Crippen LogP) is 5.91. The van der Waals surface area contributed by atoms with E-state index >= 15 is 0 Å². The first-order valence-electron chi connectivity index (χ1n) is 9.89. The normalized spacial score (nSPS) is 14.6. The lowest BCUT2D eigenvalue weighted by atomic mass is 10.2. The van der Waals surface area contributed by atoms with Crippen LogP contribution >= 0.6 is 27.7 Å². The van der Waals surface area contributed by atoms with Crippen molar-refractivity contribution in [2.75, 3.05) is 7.11 Å². The smallest absolute Gasteiger partial charge is 0.343 e. The zero-order valence-corrected chi connectivity index (χ0v) is 19.9. The molecule has 0 saturated carbocycles. The van der Waals surface area contributed by atoms with Crippen LogP contribution in [0.5, 0.6) is 11.5 Å². The third-order valence-electron chi connectivity index (χ3n) is 4.84. The molecule has 3 aromatic carbocycles. The summed E-state index contributed by atoms with van der Waals surface area (Å²) in [5.41, 5.74) is 1.98. The molecule has 0 unspecified atom stereocenters. The number of esters is 1. The minimum atomic E-state index is -0.487. The molecule has 0 spiro atoms. The molecule has 0 aliphatic carbocycles. The van der Waals surface area contributed by atoms with Crippen molar-refractivity contribution in [2.45, 2.75) is 6.54 Å². The van der Waals surface area contributed by atoms with E-state index in [1.807, 2.05) is 24.3 Å². The second-order valence-corrected chi connectivity index (χ2v) is 8.99. The minimum Gasteiger partial charge on any atom is -0.497 e. The Kier molecular flexibility index (Phi) is 6.96. The Bertz CT molecular complexity index is 1220. The van der Waals surface area contributed by atoms with E-state index < -0.39 is 5.97 Å². The highest BCUT2D eigenvalue weighted by molar-refractivity contribution is 9.10. The zero-order valence-electron chi connectivity index (χ0n) is 17.5. The molecule has 0 aromatic heterocycles. The highest BCUT2D eigenvalue weighted by atomic mass is 79.9. The molecular formula is C25H18BrNO5S. The maximum absolute atomic E-state index is 12.7. The quantitative estimate of drug-likeness (QED) is 0.227. The standard InChI is InChI=1S/C25H18BrNO5S/c1-31-20-12-6-18(7-13-20)24(29)32-21-10-4-16(5-11-21)14-22-23(28)27(25(30)33-22)15-17-2-8-19(26)9-3-17/h2-14H,15H2,1H3/b22-14+. The first-order chi connectivity index (χ1) is 15.9. The Morgan fingerprint density at radius 2 is 1.58 bits per heavy atom. The average molecular weight is 524 g/mol. The molecule has 0 bridgehead atoms. The number of nitrogens with zero attached hydrogens (tertiary/aromatic N) is 1. The first-order valence-corrected chi connectivity index (χ1v) is 11.5. The number of hydrogen-bond donors (Lipinski definition) is 0. The highest BCUT2D eigenvalue weighted by Gasteiger charge is 2.34. The molecule has 0 radical (unpaired) electrons. The molecule has 1 aliphatic heterocycles. The van der Waals surface area contributed by atoms with Crippen LogP contribution in [-0.2, 0) is 11.3 Å². The number of benzene rings is 3. The van der Waals surface area contributed by atoms with E-state index in [0.29, 0.717) is 27.5 Å². The van der Waals surface area contributed by atoms with Gasteiger partial charge in [-0.05, 0) is 77.5 Å². The Hall–Kier alpha value is -3.36. The number of methoxy groups -OCH3 is 1. The monoisotopic (exact) mass is 523 g/mol. The Balaban J connectivity index is 1.41. The lowest BCUT2D eigenvalue weighted by Gasteiger charge is -2.12. The van der Waals surface area contributed by atoms with E-state index in [4.69, 9.17) is 9.47 Å². The van der Waals surface area contributed by atoms with Gasteiger partial charge in [0.1, 0.15) is 11.5 Å². The van der Waals surface area contributed by atoms with Crippen molar-refractivity contribution in [2.24, 2.45) is 0 Å². The summed E-state index contributed by atoms with van der Waals surface area (Å²) in [5.74, 6) is 0.205. The summed E-state index contributed by atoms with van der Waals surface area (Å²) in [5, 5.41) is -0.306. The number of thioether (sulfide) groups is 1. The number of halogens is 1. The average Bonchev–Trinajstić information content (AvgIpc) is 3.09. The van der Waals surface area contributed by atoms with Gasteiger partial charge in [-0.3, -0.25) is 14.5 Å². The highest BCUT2D eigenvalue weighted by Crippen LogP contribution is 2.33. The van der Waals surface area contributed by atoms with Crippen molar-refractivity contribution < 1.29 is 23.9 Å². The van der Waals surface area contributed by atoms with Crippen molar-refractivity contribution in [3.8, 4) is 11.5 Å². The van der Waals surface area contributed by atoms with Crippen LogP contribution in [0.3, 0.4) is 0 Å². The Morgan fingerprint density at radius 3 is 2.21 bits per heavy atom. The first kappa shape index (κ1) is 22.8. The lowest BCUT2D eigenvalue weighted by Crippen LogP contribution is -2.27. The maximum atomic E-state index is 12.7. The van der Waals surface area contributed by atoms with Crippen LogP contribution in [0.1, 0.15) is 21.5 Å². The van der Waals surface area contributed by atoms with Gasteiger partial charge >= 0.3 is 5.97 Å². The summed E-state index contributed by atoms with van der Waals surface area (Å²) in [4.78, 5) is 39.0. The molecule has 8 heteroatoms. The third-order valence-corrected chi connectivity index (χ3v) is 6.28. The van der Waals surface area contributed by atoms with Gasteiger partial charge < -0.3 is 9.47 Å². The Morgan fingerprint density at radius 1 is 0.939 bits per heavy atom. The van der Waals surface area contributed by atoms with Crippen LogP contribution in [-0.4, -0.2) is 29.1 Å². The topological polar surface area (TPSA) is 72.9 Å². The van der Waals surface area contributed by atoms with Gasteiger partial charge in [0.2, 0.25) is 0 Å². The van der Waals surface area contributed by atoms with Gasteiger partial charge in [0.15, 0.2) is 0 Å². The molecule has 0 atom stereocenters. The number of hydrogen-bond acceptors (Lipinski definition) is 6. The molecule has 6 nitrogen and oxygen atoms in total. The van der Waals surface area contributed by atoms with E-state index in [1.165, 1.54) is 4.90 Å². The zero-order chi connectivity index (χ0) is 23.4. The fourth-order valence-electron chi connectivity index (χ4n) is 3.09. The number of imide groups is 1. The van der Waals surface area contributed by atoms with Crippen LogP contribution in [0.15, 0.2) is 82.2 Å². The molecule has 2 amide bonds. The number of ether oxygens (including phenoxy) is 2. The second-order valence-electron chi connectivity index (χ2n) is 7.08. The number of rotatable bonds is 6. The van der Waals surface area contributed by atoms with Gasteiger partial charge in [-0.2, -0.15) is 0 Å². The SMILES string of the molecule is COc1ccc(C(=O)Oc2ccc(/C=C3/SC(=O)N(Cc4ccc(Br)cc4)C3=O)cc2)cc1. The molecule has 33 heavy (non-hydrogen) atoms. The van der Waals surface area contributed by atoms with E-state index in [-0.39, 0.29) is 17.7 Å². The molecule has 3 aromatic rings. The summed E-state index contributed by atoms with van der Waals surface area (Å²) in [6.45, 7) is 0.218. The fourth-order valence-corrected chi connectivity index (χ4v) is 4.19. The van der Waals surface area contributed by atoms with Crippen molar-refractivity contribution in [3.63, 3.8) is 0 Å². The van der Waals surface area contributed by atoms with Crippen molar-refractivity contribution in [3.05, 3.63) is 98.9 Å². The molecule has 0 N–H and O–H groups in total. The summed E-state index contributed by atoms with van der Waals surface area (Å²) < 4.78 is 11.4. The molecular weight excluding hydrogens is 506 g/mol. The Labute approximate surface area is 203 Å². The number of amides is 2. The molecule has 166 valence electrons. The predicted molar refractivity (Wildman–Crippen MR) is 130 cm³/mol. The molecule has 1 saturated heterocycles. The van der Waals surface area contributed by atoms with Crippen LogP contribution in [0.2, 0.25) is 0 Å². The number of carbonyl (C=O) groups is 3. The van der Waals surface area contributed by atoms with Crippen LogP contribution in [0.25, 0.3) is 6.08 Å². The summed E-state index contributed by atoms with van der Waals surface area (Å²) >= 11 is 4.28. The largest absolute Gasteiger partial charge is 0.497 e. The van der Waals surface area contributed by atoms with E-state index in [1.54, 1.807) is 61.7 Å². The van der Waals surface area contributed by atoms with Crippen LogP contribution < -0.4 is 9.47 Å². The minimum absolute atomic E-state index is 0.218. The van der Waals surface area contributed by atoms with E-state index in [0.717, 1.165) is 21.8 Å². The van der Waals surface area contributed by atoms with Gasteiger partial charge in [-0.15, -0.1) is 0 Å². The number of carbonyl (C=O) groups excluding carboxylic acids is 3. The molecule has 1 fully saturated rings. The summed E-state index contributed by atoms with van der Waals surface area (Å²) in [6.07, 6.45) is 1.65. The summed E-state index contributed by atoms with van der Waals surface area (Å²) in [7, 11) is 1.55. The fraction of sp³-hybridized carbons (Fsp3) is 0.0800. The lowest BCUT2D eigenvalue weighted by molar-refractivity contribution is -0.123. The van der Waals surface area contributed by atoms with Gasteiger partial charge in [0.05, 0.1) is 24.1 Å². The second kappa shape index (κ2) is 10.1. The van der Waals surface area contributed by atoms with Gasteiger partial charge in [0, 0.05) is 4.47 Å². The van der Waals surface area contributed by atoms with E-state index in [9.17, 15) is 14.4 Å². The summed E-state index contributed by atoms with van der Waals surface area (Å²) in [6, 6.07) is 20.8. The van der Waals surface area contributed by atoms with Gasteiger partial charge in [-0.25, -0.2) is 4.79 Å². The van der Waals surface area contributed by atoms with Crippen molar-refractivity contribution >= 4 is 50.9 Å². The molecule has 1 aliphatic rings. The maximum Gasteiger partial charge on any atom is 0.343 e. The van der Waals surface area contributed by atoms with Gasteiger partial charge in [0.25, 0.3) is 11.1 Å². The van der Waals surface area contributed by atoms with Crippen molar-refractivity contribution in [1.29, 1.82) is 0 Å².